The van der Waals surface area contributed by atoms with Gasteiger partial charge in [0.1, 0.15) is 11.6 Å². The summed E-state index contributed by atoms with van der Waals surface area (Å²) in [7, 11) is 1.75. The molecule has 2 N–H and O–H groups in total. The van der Waals surface area contributed by atoms with Gasteiger partial charge >= 0.3 is 0 Å². The lowest BCUT2D eigenvalue weighted by atomic mass is 9.96. The second-order valence-electron chi connectivity index (χ2n) is 5.55. The monoisotopic (exact) mass is 332 g/mol. The Morgan fingerprint density at radius 3 is 2.50 bits per heavy atom. The third kappa shape index (κ3) is 6.62. The van der Waals surface area contributed by atoms with Gasteiger partial charge in [-0.05, 0) is 44.0 Å². The molecule has 126 valence electrons. The molecule has 1 atom stereocenters. The number of carbonyl (C=O) groups excluding carboxylic acids is 1. The maximum atomic E-state index is 12.7. The summed E-state index contributed by atoms with van der Waals surface area (Å²) in [5.41, 5.74) is 5.22. The fourth-order valence-electron chi connectivity index (χ4n) is 2.19. The van der Waals surface area contributed by atoms with Crippen LogP contribution in [-0.4, -0.2) is 36.5 Å². The number of ether oxygens (including phenoxy) is 1. The summed E-state index contributed by atoms with van der Waals surface area (Å²) in [5, 5.41) is 0. The van der Waals surface area contributed by atoms with Crippen molar-refractivity contribution in [2.45, 2.75) is 38.6 Å². The molecule has 0 fully saturated rings. The summed E-state index contributed by atoms with van der Waals surface area (Å²) in [6.45, 7) is 4.83. The Bertz CT molecular complexity index is 452. The van der Waals surface area contributed by atoms with Crippen LogP contribution in [0.5, 0.6) is 5.75 Å². The second kappa shape index (κ2) is 9.64. The van der Waals surface area contributed by atoms with E-state index in [9.17, 15) is 9.18 Å². The van der Waals surface area contributed by atoms with Crippen LogP contribution >= 0.6 is 12.4 Å². The quantitative estimate of drug-likeness (QED) is 0.744. The van der Waals surface area contributed by atoms with Gasteiger partial charge in [0, 0.05) is 13.6 Å². The number of hydrogen-bond acceptors (Lipinski definition) is 3. The van der Waals surface area contributed by atoms with Crippen LogP contribution in [0.25, 0.3) is 0 Å². The van der Waals surface area contributed by atoms with Crippen LogP contribution in [0.15, 0.2) is 24.3 Å². The van der Waals surface area contributed by atoms with E-state index in [1.54, 1.807) is 31.0 Å². The molecule has 0 saturated heterocycles. The standard InChI is InChI=1S/C16H25FN2O2.ClH/c1-4-10-16(2,18)15(20)19(3)11-5-12-21-14-8-6-13(17)7-9-14;/h6-9H,4-5,10-12,18H2,1-3H3;1H. The largest absolute Gasteiger partial charge is 0.494 e. The molecule has 4 nitrogen and oxygen atoms in total. The Kier molecular flexibility index (Phi) is 9.06. The fraction of sp³-hybridized carbons (Fsp3) is 0.562. The minimum Gasteiger partial charge on any atom is -0.494 e. The van der Waals surface area contributed by atoms with Crippen molar-refractivity contribution in [3.63, 3.8) is 0 Å². The normalized spacial score (nSPS) is 13.0. The highest BCUT2D eigenvalue weighted by atomic mass is 35.5. The molecule has 0 spiro atoms. The van der Waals surface area contributed by atoms with Crippen LogP contribution in [0.2, 0.25) is 0 Å². The van der Waals surface area contributed by atoms with E-state index in [0.29, 0.717) is 31.7 Å². The van der Waals surface area contributed by atoms with Crippen molar-refractivity contribution < 1.29 is 13.9 Å². The summed E-state index contributed by atoms with van der Waals surface area (Å²) in [6.07, 6.45) is 2.24. The van der Waals surface area contributed by atoms with Gasteiger partial charge in [-0.1, -0.05) is 13.3 Å². The van der Waals surface area contributed by atoms with Gasteiger partial charge in [-0.2, -0.15) is 0 Å². The lowest BCUT2D eigenvalue weighted by molar-refractivity contribution is -0.135. The van der Waals surface area contributed by atoms with Gasteiger partial charge in [-0.25, -0.2) is 4.39 Å². The van der Waals surface area contributed by atoms with Crippen molar-refractivity contribution in [2.24, 2.45) is 5.73 Å². The highest BCUT2D eigenvalue weighted by Gasteiger charge is 2.29. The molecular formula is C16H26ClFN2O2. The maximum absolute atomic E-state index is 12.7. The van der Waals surface area contributed by atoms with Crippen molar-refractivity contribution in [2.75, 3.05) is 20.2 Å². The van der Waals surface area contributed by atoms with Gasteiger partial charge < -0.3 is 15.4 Å². The number of hydrogen-bond donors (Lipinski definition) is 1. The van der Waals surface area contributed by atoms with Gasteiger partial charge in [0.2, 0.25) is 5.91 Å². The molecule has 0 bridgehead atoms. The van der Waals surface area contributed by atoms with Crippen molar-refractivity contribution in [1.82, 2.24) is 4.90 Å². The molecule has 1 aromatic carbocycles. The molecule has 1 aromatic rings. The molecule has 0 aliphatic carbocycles. The number of rotatable bonds is 8. The lowest BCUT2D eigenvalue weighted by Crippen LogP contribution is -2.52. The van der Waals surface area contributed by atoms with Gasteiger partial charge in [-0.3, -0.25) is 4.79 Å². The Labute approximate surface area is 138 Å². The first-order chi connectivity index (χ1) is 9.86. The number of carbonyl (C=O) groups is 1. The first-order valence-electron chi connectivity index (χ1n) is 7.29. The first kappa shape index (κ1) is 20.7. The van der Waals surface area contributed by atoms with E-state index in [1.165, 1.54) is 12.1 Å². The zero-order valence-electron chi connectivity index (χ0n) is 13.5. The van der Waals surface area contributed by atoms with Gasteiger partial charge in [0.25, 0.3) is 0 Å². The van der Waals surface area contributed by atoms with E-state index in [4.69, 9.17) is 10.5 Å². The van der Waals surface area contributed by atoms with Crippen molar-refractivity contribution in [1.29, 1.82) is 0 Å². The number of amides is 1. The van der Waals surface area contributed by atoms with E-state index in [0.717, 1.165) is 6.42 Å². The smallest absolute Gasteiger partial charge is 0.242 e. The lowest BCUT2D eigenvalue weighted by Gasteiger charge is -2.29. The van der Waals surface area contributed by atoms with Crippen LogP contribution in [0.3, 0.4) is 0 Å². The Morgan fingerprint density at radius 2 is 1.95 bits per heavy atom. The first-order valence-corrected chi connectivity index (χ1v) is 7.29. The molecule has 0 heterocycles. The third-order valence-electron chi connectivity index (χ3n) is 3.32. The molecule has 1 unspecified atom stereocenters. The van der Waals surface area contributed by atoms with Crippen LogP contribution in [-0.2, 0) is 4.79 Å². The zero-order chi connectivity index (χ0) is 15.9. The van der Waals surface area contributed by atoms with Crippen molar-refractivity contribution in [3.8, 4) is 5.75 Å². The molecule has 1 amide bonds. The Hall–Kier alpha value is -1.33. The van der Waals surface area contributed by atoms with Gasteiger partial charge in [0.15, 0.2) is 0 Å². The van der Waals surface area contributed by atoms with Gasteiger partial charge in [0.05, 0.1) is 12.1 Å². The van der Waals surface area contributed by atoms with Crippen molar-refractivity contribution >= 4 is 18.3 Å². The van der Waals surface area contributed by atoms with E-state index >= 15 is 0 Å². The summed E-state index contributed by atoms with van der Waals surface area (Å²) >= 11 is 0. The number of nitrogens with zero attached hydrogens (tertiary/aromatic N) is 1. The second-order valence-corrected chi connectivity index (χ2v) is 5.55. The molecule has 0 saturated carbocycles. The third-order valence-corrected chi connectivity index (χ3v) is 3.32. The van der Waals surface area contributed by atoms with E-state index in [-0.39, 0.29) is 24.1 Å². The predicted octanol–water partition coefficient (Wildman–Crippen LogP) is 2.99. The van der Waals surface area contributed by atoms with Crippen LogP contribution < -0.4 is 10.5 Å². The van der Waals surface area contributed by atoms with Crippen LogP contribution in [0.1, 0.15) is 33.1 Å². The Balaban J connectivity index is 0.00000441. The average Bonchev–Trinajstić information content (AvgIpc) is 2.44. The number of benzene rings is 1. The topological polar surface area (TPSA) is 55.6 Å². The molecule has 0 radical (unpaired) electrons. The fourth-order valence-corrected chi connectivity index (χ4v) is 2.19. The summed E-state index contributed by atoms with van der Waals surface area (Å²) in [5.74, 6) is 0.289. The highest BCUT2D eigenvalue weighted by Crippen LogP contribution is 2.13. The molecule has 6 heteroatoms. The molecule has 0 aliphatic rings. The highest BCUT2D eigenvalue weighted by molar-refractivity contribution is 5.85. The van der Waals surface area contributed by atoms with Crippen LogP contribution in [0.4, 0.5) is 4.39 Å². The van der Waals surface area contributed by atoms with E-state index < -0.39 is 5.54 Å². The molecular weight excluding hydrogens is 307 g/mol. The zero-order valence-corrected chi connectivity index (χ0v) is 14.3. The number of nitrogens with two attached hydrogens (primary N) is 1. The minimum atomic E-state index is -0.804. The summed E-state index contributed by atoms with van der Waals surface area (Å²) in [4.78, 5) is 13.8. The predicted molar refractivity (Wildman–Crippen MR) is 88.9 cm³/mol. The van der Waals surface area contributed by atoms with E-state index in [2.05, 4.69) is 0 Å². The molecule has 0 aromatic heterocycles. The number of halogens is 2. The van der Waals surface area contributed by atoms with Crippen molar-refractivity contribution in [3.05, 3.63) is 30.1 Å². The van der Waals surface area contributed by atoms with Crippen LogP contribution in [0, 0.1) is 5.82 Å². The molecule has 0 aliphatic heterocycles. The SMILES string of the molecule is CCCC(C)(N)C(=O)N(C)CCCOc1ccc(F)cc1.Cl. The summed E-state index contributed by atoms with van der Waals surface area (Å²) < 4.78 is 18.2. The Morgan fingerprint density at radius 1 is 1.36 bits per heavy atom. The number of likely N-dealkylation sites (N-methyl/N-ethyl adjacent to an activating group) is 1. The average molecular weight is 333 g/mol. The summed E-state index contributed by atoms with van der Waals surface area (Å²) in [6, 6.07) is 5.88. The molecule has 1 rings (SSSR count). The van der Waals surface area contributed by atoms with Gasteiger partial charge in [-0.15, -0.1) is 12.4 Å². The van der Waals surface area contributed by atoms with E-state index in [1.807, 2.05) is 6.92 Å². The molecule has 22 heavy (non-hydrogen) atoms. The minimum absolute atomic E-state index is 0. The maximum Gasteiger partial charge on any atom is 0.242 e.